The van der Waals surface area contributed by atoms with Crippen LogP contribution in [0.1, 0.15) is 52.6 Å². The Kier molecular flexibility index (Phi) is 6.28. The fraction of sp³-hybridized carbons (Fsp3) is 0.172. The van der Waals surface area contributed by atoms with Crippen molar-refractivity contribution in [3.63, 3.8) is 0 Å². The molecule has 0 atom stereocenters. The normalized spacial score (nSPS) is 11.3. The summed E-state index contributed by atoms with van der Waals surface area (Å²) in [4.78, 5) is 20.3. The minimum Gasteiger partial charge on any atom is -0.467 e. The maximum absolute atomic E-state index is 13.7. The first-order chi connectivity index (χ1) is 16.6. The predicted molar refractivity (Wildman–Crippen MR) is 139 cm³/mol. The number of hydrogen-bond acceptors (Lipinski definition) is 4. The van der Waals surface area contributed by atoms with Gasteiger partial charge in [-0.3, -0.25) is 9.69 Å². The maximum Gasteiger partial charge on any atom is 0.260 e. The van der Waals surface area contributed by atoms with Gasteiger partial charge in [0.1, 0.15) is 5.76 Å². The van der Waals surface area contributed by atoms with Crippen LogP contribution in [0.2, 0.25) is 0 Å². The maximum atomic E-state index is 13.7. The summed E-state index contributed by atoms with van der Waals surface area (Å²) in [6.45, 7) is 4.65. The molecule has 0 aliphatic heterocycles. The standard InChI is InChI=1S/C29H26N2O2S/c1-20(2)25-11-6-12-26-27(25)30-29(34-26)31(19-24-10-7-17-33-24)28(32)23-15-13-22(14-16-23)18-21-8-4-3-5-9-21/h3-17,20H,18-19H2,1-2H3. The van der Waals surface area contributed by atoms with Crippen molar-refractivity contribution in [2.45, 2.75) is 32.7 Å². The molecule has 0 N–H and O–H groups in total. The second-order valence-electron chi connectivity index (χ2n) is 8.68. The zero-order valence-electron chi connectivity index (χ0n) is 19.3. The Labute approximate surface area is 203 Å². The van der Waals surface area contributed by atoms with Crippen LogP contribution >= 0.6 is 11.3 Å². The van der Waals surface area contributed by atoms with E-state index in [-0.39, 0.29) is 5.91 Å². The van der Waals surface area contributed by atoms with Gasteiger partial charge in [-0.15, -0.1) is 0 Å². The van der Waals surface area contributed by atoms with Gasteiger partial charge < -0.3 is 4.42 Å². The summed E-state index contributed by atoms with van der Waals surface area (Å²) in [6.07, 6.45) is 2.47. The predicted octanol–water partition coefficient (Wildman–Crippen LogP) is 7.45. The van der Waals surface area contributed by atoms with Crippen molar-refractivity contribution in [3.05, 3.63) is 119 Å². The van der Waals surface area contributed by atoms with E-state index in [0.29, 0.717) is 23.2 Å². The highest BCUT2D eigenvalue weighted by Gasteiger charge is 2.23. The third kappa shape index (κ3) is 4.66. The molecule has 0 fully saturated rings. The highest BCUT2D eigenvalue weighted by atomic mass is 32.1. The van der Waals surface area contributed by atoms with E-state index in [2.05, 4.69) is 44.2 Å². The summed E-state index contributed by atoms with van der Waals surface area (Å²) < 4.78 is 6.66. The number of thiazole rings is 1. The van der Waals surface area contributed by atoms with E-state index in [4.69, 9.17) is 9.40 Å². The SMILES string of the molecule is CC(C)c1cccc2sc(N(Cc3ccco3)C(=O)c3ccc(Cc4ccccc4)cc3)nc12. The van der Waals surface area contributed by atoms with Crippen LogP contribution in [0.15, 0.2) is 95.6 Å². The number of carbonyl (C=O) groups excluding carboxylic acids is 1. The average molecular weight is 467 g/mol. The minimum atomic E-state index is -0.0900. The van der Waals surface area contributed by atoms with E-state index < -0.39 is 0 Å². The topological polar surface area (TPSA) is 46.3 Å². The second-order valence-corrected chi connectivity index (χ2v) is 9.68. The first-order valence-electron chi connectivity index (χ1n) is 11.4. The van der Waals surface area contributed by atoms with Gasteiger partial charge in [-0.2, -0.15) is 0 Å². The van der Waals surface area contributed by atoms with Crippen molar-refractivity contribution in [2.24, 2.45) is 0 Å². The number of amides is 1. The summed E-state index contributed by atoms with van der Waals surface area (Å²) in [6, 6.07) is 28.2. The molecule has 0 aliphatic carbocycles. The van der Waals surface area contributed by atoms with E-state index in [1.165, 1.54) is 28.0 Å². The first-order valence-corrected chi connectivity index (χ1v) is 12.3. The second kappa shape index (κ2) is 9.65. The van der Waals surface area contributed by atoms with Gasteiger partial charge in [-0.05, 0) is 59.4 Å². The number of rotatable bonds is 7. The molecule has 34 heavy (non-hydrogen) atoms. The molecule has 0 unspecified atom stereocenters. The molecule has 0 radical (unpaired) electrons. The number of furan rings is 1. The van der Waals surface area contributed by atoms with Gasteiger partial charge in [-0.25, -0.2) is 4.98 Å². The molecule has 5 rings (SSSR count). The lowest BCUT2D eigenvalue weighted by atomic mass is 10.0. The molecule has 0 saturated heterocycles. The summed E-state index contributed by atoms with van der Waals surface area (Å²) in [5.41, 5.74) is 5.20. The Hall–Kier alpha value is -3.70. The molecule has 2 heterocycles. The molecule has 4 nitrogen and oxygen atoms in total. The number of carbonyl (C=O) groups is 1. The van der Waals surface area contributed by atoms with Crippen molar-refractivity contribution in [1.82, 2.24) is 4.98 Å². The molecular weight excluding hydrogens is 440 g/mol. The third-order valence-electron chi connectivity index (χ3n) is 5.88. The van der Waals surface area contributed by atoms with Crippen molar-refractivity contribution in [3.8, 4) is 0 Å². The Morgan fingerprint density at radius 3 is 2.38 bits per heavy atom. The largest absolute Gasteiger partial charge is 0.467 e. The zero-order chi connectivity index (χ0) is 23.5. The number of nitrogens with zero attached hydrogens (tertiary/aromatic N) is 2. The van der Waals surface area contributed by atoms with Crippen LogP contribution in [-0.2, 0) is 13.0 Å². The smallest absolute Gasteiger partial charge is 0.260 e. The lowest BCUT2D eigenvalue weighted by Gasteiger charge is -2.19. The van der Waals surface area contributed by atoms with Crippen LogP contribution in [0.3, 0.4) is 0 Å². The highest BCUT2D eigenvalue weighted by molar-refractivity contribution is 7.22. The fourth-order valence-electron chi connectivity index (χ4n) is 4.08. The molecule has 2 aromatic heterocycles. The lowest BCUT2D eigenvalue weighted by molar-refractivity contribution is 0.0983. The van der Waals surface area contributed by atoms with E-state index >= 15 is 0 Å². The summed E-state index contributed by atoms with van der Waals surface area (Å²) in [7, 11) is 0. The first kappa shape index (κ1) is 22.1. The van der Waals surface area contributed by atoms with Crippen LogP contribution in [0.25, 0.3) is 10.2 Å². The number of aromatic nitrogens is 1. The van der Waals surface area contributed by atoms with Crippen LogP contribution in [0.5, 0.6) is 0 Å². The fourth-order valence-corrected chi connectivity index (χ4v) is 5.07. The number of para-hydroxylation sites is 1. The summed E-state index contributed by atoms with van der Waals surface area (Å²) >= 11 is 1.54. The van der Waals surface area contributed by atoms with Gasteiger partial charge in [0.15, 0.2) is 5.13 Å². The quantitative estimate of drug-likeness (QED) is 0.250. The highest BCUT2D eigenvalue weighted by Crippen LogP contribution is 2.34. The Morgan fingerprint density at radius 2 is 1.68 bits per heavy atom. The van der Waals surface area contributed by atoms with E-state index in [9.17, 15) is 4.79 Å². The van der Waals surface area contributed by atoms with Crippen LogP contribution in [0.4, 0.5) is 5.13 Å². The molecule has 170 valence electrons. The Balaban J connectivity index is 1.47. The molecule has 3 aromatic carbocycles. The Morgan fingerprint density at radius 1 is 0.912 bits per heavy atom. The van der Waals surface area contributed by atoms with Crippen molar-refractivity contribution >= 4 is 32.6 Å². The van der Waals surface area contributed by atoms with Crippen LogP contribution in [0, 0.1) is 0 Å². The van der Waals surface area contributed by atoms with Crippen molar-refractivity contribution in [2.75, 3.05) is 4.90 Å². The van der Waals surface area contributed by atoms with Crippen LogP contribution in [-0.4, -0.2) is 10.9 Å². The van der Waals surface area contributed by atoms with Gasteiger partial charge in [0.25, 0.3) is 5.91 Å². The minimum absolute atomic E-state index is 0.0900. The molecule has 1 amide bonds. The van der Waals surface area contributed by atoms with E-state index in [1.54, 1.807) is 11.2 Å². The van der Waals surface area contributed by atoms with E-state index in [0.717, 1.165) is 22.4 Å². The molecular formula is C29H26N2O2S. The van der Waals surface area contributed by atoms with Gasteiger partial charge >= 0.3 is 0 Å². The Bertz CT molecular complexity index is 1390. The molecule has 0 saturated carbocycles. The van der Waals surface area contributed by atoms with Gasteiger partial charge in [0.05, 0.1) is 23.0 Å². The van der Waals surface area contributed by atoms with Gasteiger partial charge in [0.2, 0.25) is 0 Å². The van der Waals surface area contributed by atoms with Crippen molar-refractivity contribution in [1.29, 1.82) is 0 Å². The monoisotopic (exact) mass is 466 g/mol. The van der Waals surface area contributed by atoms with Crippen LogP contribution < -0.4 is 4.90 Å². The molecule has 0 aliphatic rings. The van der Waals surface area contributed by atoms with Gasteiger partial charge in [0, 0.05) is 5.56 Å². The zero-order valence-corrected chi connectivity index (χ0v) is 20.1. The van der Waals surface area contributed by atoms with E-state index in [1.807, 2.05) is 54.6 Å². The lowest BCUT2D eigenvalue weighted by Crippen LogP contribution is -2.30. The summed E-state index contributed by atoms with van der Waals surface area (Å²) in [5, 5.41) is 0.679. The molecule has 0 spiro atoms. The van der Waals surface area contributed by atoms with Gasteiger partial charge in [-0.1, -0.05) is 79.8 Å². The molecule has 0 bridgehead atoms. The number of benzene rings is 3. The van der Waals surface area contributed by atoms with Crippen molar-refractivity contribution < 1.29 is 9.21 Å². The third-order valence-corrected chi connectivity index (χ3v) is 6.93. The number of hydrogen-bond donors (Lipinski definition) is 0. The number of anilines is 1. The number of fused-ring (bicyclic) bond motifs is 1. The molecule has 5 heteroatoms. The average Bonchev–Trinajstić information content (AvgIpc) is 3.52. The summed E-state index contributed by atoms with van der Waals surface area (Å²) in [5.74, 6) is 0.982. The molecule has 5 aromatic rings.